The van der Waals surface area contributed by atoms with Gasteiger partial charge >= 0.3 is 0 Å². The van der Waals surface area contributed by atoms with E-state index in [1.807, 2.05) is 6.07 Å². The van der Waals surface area contributed by atoms with Gasteiger partial charge in [0.1, 0.15) is 0 Å². The van der Waals surface area contributed by atoms with Crippen molar-refractivity contribution in [3.63, 3.8) is 0 Å². The van der Waals surface area contributed by atoms with E-state index in [2.05, 4.69) is 26.0 Å². The molecule has 0 amide bonds. The number of rotatable bonds is 1. The van der Waals surface area contributed by atoms with E-state index in [1.54, 1.807) is 0 Å². The van der Waals surface area contributed by atoms with E-state index >= 15 is 0 Å². The second-order valence-electron chi connectivity index (χ2n) is 4.80. The fourth-order valence-corrected chi connectivity index (χ4v) is 2.25. The van der Waals surface area contributed by atoms with Crippen LogP contribution in [0.15, 0.2) is 18.2 Å². The highest BCUT2D eigenvalue weighted by molar-refractivity contribution is 5.33. The average Bonchev–Trinajstić information content (AvgIpc) is 2.48. The molecule has 0 bridgehead atoms. The van der Waals surface area contributed by atoms with Gasteiger partial charge in [0.15, 0.2) is 0 Å². The van der Waals surface area contributed by atoms with Crippen molar-refractivity contribution in [2.75, 3.05) is 13.2 Å². The van der Waals surface area contributed by atoms with Crippen LogP contribution in [0.5, 0.6) is 0 Å². The smallest absolute Gasteiger partial charge is 0.0919 e. The summed E-state index contributed by atoms with van der Waals surface area (Å²) in [6.07, 6.45) is 2.44. The Bertz CT molecular complexity index is 363. The SMILES string of the molecule is Cc1ccc(C2(O)CCCOCC2)cc1C. The van der Waals surface area contributed by atoms with Gasteiger partial charge in [0.05, 0.1) is 5.60 Å². The molecule has 1 fully saturated rings. The van der Waals surface area contributed by atoms with Gasteiger partial charge in [-0.2, -0.15) is 0 Å². The van der Waals surface area contributed by atoms with Crippen LogP contribution in [0.3, 0.4) is 0 Å². The van der Waals surface area contributed by atoms with Crippen LogP contribution in [-0.4, -0.2) is 18.3 Å². The number of ether oxygens (including phenoxy) is 1. The van der Waals surface area contributed by atoms with Crippen molar-refractivity contribution in [3.8, 4) is 0 Å². The molecule has 1 aliphatic rings. The van der Waals surface area contributed by atoms with E-state index < -0.39 is 5.60 Å². The first-order valence-electron chi connectivity index (χ1n) is 6.00. The monoisotopic (exact) mass is 220 g/mol. The number of aryl methyl sites for hydroxylation is 2. The molecule has 0 spiro atoms. The predicted octanol–water partition coefficient (Wildman–Crippen LogP) is 2.69. The molecule has 2 nitrogen and oxygen atoms in total. The maximum Gasteiger partial charge on any atom is 0.0919 e. The Kier molecular flexibility index (Phi) is 3.31. The van der Waals surface area contributed by atoms with Crippen molar-refractivity contribution in [1.82, 2.24) is 0 Å². The van der Waals surface area contributed by atoms with Gasteiger partial charge in [-0.3, -0.25) is 0 Å². The Morgan fingerprint density at radius 2 is 1.94 bits per heavy atom. The van der Waals surface area contributed by atoms with Gasteiger partial charge in [-0.1, -0.05) is 18.2 Å². The highest BCUT2D eigenvalue weighted by Gasteiger charge is 2.30. The summed E-state index contributed by atoms with van der Waals surface area (Å²) in [4.78, 5) is 0. The summed E-state index contributed by atoms with van der Waals surface area (Å²) in [5.74, 6) is 0. The lowest BCUT2D eigenvalue weighted by molar-refractivity contribution is 0.0143. The number of hydrogen-bond donors (Lipinski definition) is 1. The van der Waals surface area contributed by atoms with E-state index in [0.717, 1.165) is 25.0 Å². The van der Waals surface area contributed by atoms with E-state index in [1.165, 1.54) is 11.1 Å². The molecule has 16 heavy (non-hydrogen) atoms. The van der Waals surface area contributed by atoms with Crippen molar-refractivity contribution >= 4 is 0 Å². The molecule has 1 aromatic rings. The largest absolute Gasteiger partial charge is 0.385 e. The van der Waals surface area contributed by atoms with E-state index in [-0.39, 0.29) is 0 Å². The van der Waals surface area contributed by atoms with Crippen LogP contribution in [0.2, 0.25) is 0 Å². The Labute approximate surface area is 97.3 Å². The van der Waals surface area contributed by atoms with Crippen LogP contribution in [0, 0.1) is 13.8 Å². The third kappa shape index (κ3) is 2.28. The van der Waals surface area contributed by atoms with Crippen LogP contribution in [0.25, 0.3) is 0 Å². The van der Waals surface area contributed by atoms with Gasteiger partial charge in [-0.05, 0) is 43.4 Å². The molecule has 1 aliphatic heterocycles. The molecule has 0 aliphatic carbocycles. The minimum Gasteiger partial charge on any atom is -0.385 e. The number of aliphatic hydroxyl groups is 1. The normalized spacial score (nSPS) is 26.4. The van der Waals surface area contributed by atoms with Gasteiger partial charge in [0, 0.05) is 19.6 Å². The third-order valence-electron chi connectivity index (χ3n) is 3.58. The molecule has 2 heteroatoms. The standard InChI is InChI=1S/C14H20O2/c1-11-4-5-13(10-12(11)2)14(15)6-3-8-16-9-7-14/h4-5,10,15H,3,6-9H2,1-2H3. The molecule has 1 unspecified atom stereocenters. The Balaban J connectivity index is 2.29. The molecule has 1 aromatic carbocycles. The molecule has 0 aromatic heterocycles. The fraction of sp³-hybridized carbons (Fsp3) is 0.571. The van der Waals surface area contributed by atoms with Crippen molar-refractivity contribution in [2.24, 2.45) is 0 Å². The zero-order valence-corrected chi connectivity index (χ0v) is 10.1. The van der Waals surface area contributed by atoms with Crippen molar-refractivity contribution in [1.29, 1.82) is 0 Å². The quantitative estimate of drug-likeness (QED) is 0.788. The first kappa shape index (κ1) is 11.6. The molecule has 2 rings (SSSR count). The van der Waals surface area contributed by atoms with Crippen molar-refractivity contribution in [3.05, 3.63) is 34.9 Å². The third-order valence-corrected chi connectivity index (χ3v) is 3.58. The maximum atomic E-state index is 10.7. The lowest BCUT2D eigenvalue weighted by atomic mass is 9.85. The molecule has 88 valence electrons. The predicted molar refractivity (Wildman–Crippen MR) is 64.5 cm³/mol. The second-order valence-corrected chi connectivity index (χ2v) is 4.80. The molecule has 1 atom stereocenters. The Morgan fingerprint density at radius 3 is 2.69 bits per heavy atom. The van der Waals surface area contributed by atoms with Crippen LogP contribution < -0.4 is 0 Å². The summed E-state index contributed by atoms with van der Waals surface area (Å²) < 4.78 is 5.41. The lowest BCUT2D eigenvalue weighted by Crippen LogP contribution is -2.26. The molecule has 1 saturated heterocycles. The van der Waals surface area contributed by atoms with Gasteiger partial charge in [0.2, 0.25) is 0 Å². The first-order chi connectivity index (χ1) is 7.62. The van der Waals surface area contributed by atoms with Gasteiger partial charge in [-0.15, -0.1) is 0 Å². The van der Waals surface area contributed by atoms with E-state index in [4.69, 9.17) is 4.74 Å². The summed E-state index contributed by atoms with van der Waals surface area (Å²) in [5, 5.41) is 10.7. The highest BCUT2D eigenvalue weighted by atomic mass is 16.5. The summed E-state index contributed by atoms with van der Waals surface area (Å²) in [6.45, 7) is 5.62. The Hall–Kier alpha value is -0.860. The molecule has 0 saturated carbocycles. The van der Waals surface area contributed by atoms with E-state index in [0.29, 0.717) is 13.0 Å². The average molecular weight is 220 g/mol. The van der Waals surface area contributed by atoms with E-state index in [9.17, 15) is 5.11 Å². The lowest BCUT2D eigenvalue weighted by Gasteiger charge is -2.27. The van der Waals surface area contributed by atoms with Gasteiger partial charge < -0.3 is 9.84 Å². The Morgan fingerprint density at radius 1 is 1.12 bits per heavy atom. The summed E-state index contributed by atoms with van der Waals surface area (Å²) >= 11 is 0. The van der Waals surface area contributed by atoms with Crippen LogP contribution in [0.1, 0.15) is 36.0 Å². The second kappa shape index (κ2) is 4.56. The van der Waals surface area contributed by atoms with Crippen LogP contribution in [-0.2, 0) is 10.3 Å². The number of hydrogen-bond acceptors (Lipinski definition) is 2. The maximum absolute atomic E-state index is 10.7. The number of benzene rings is 1. The van der Waals surface area contributed by atoms with Crippen molar-refractivity contribution in [2.45, 2.75) is 38.7 Å². The molecule has 1 N–H and O–H groups in total. The topological polar surface area (TPSA) is 29.5 Å². The molecular weight excluding hydrogens is 200 g/mol. The van der Waals surface area contributed by atoms with Gasteiger partial charge in [-0.25, -0.2) is 0 Å². The highest BCUT2D eigenvalue weighted by Crippen LogP contribution is 2.33. The van der Waals surface area contributed by atoms with Crippen molar-refractivity contribution < 1.29 is 9.84 Å². The fourth-order valence-electron chi connectivity index (χ4n) is 2.25. The molecule has 1 heterocycles. The summed E-state index contributed by atoms with van der Waals surface area (Å²) in [5.41, 5.74) is 2.88. The van der Waals surface area contributed by atoms with Crippen LogP contribution >= 0.6 is 0 Å². The molecule has 0 radical (unpaired) electrons. The minimum atomic E-state index is -0.686. The summed E-state index contributed by atoms with van der Waals surface area (Å²) in [7, 11) is 0. The minimum absolute atomic E-state index is 0.656. The van der Waals surface area contributed by atoms with Gasteiger partial charge in [0.25, 0.3) is 0 Å². The molecular formula is C14H20O2. The summed E-state index contributed by atoms with van der Waals surface area (Å²) in [6, 6.07) is 6.25. The van der Waals surface area contributed by atoms with Crippen LogP contribution in [0.4, 0.5) is 0 Å². The zero-order valence-electron chi connectivity index (χ0n) is 10.1. The zero-order chi connectivity index (χ0) is 11.6. The first-order valence-corrected chi connectivity index (χ1v) is 6.00.